The predicted molar refractivity (Wildman–Crippen MR) is 139 cm³/mol. The summed E-state index contributed by atoms with van der Waals surface area (Å²) in [6, 6.07) is 0. The first kappa shape index (κ1) is 31.1. The van der Waals surface area contributed by atoms with Crippen molar-refractivity contribution in [1.29, 1.82) is 0 Å². The van der Waals surface area contributed by atoms with Crippen LogP contribution >= 0.6 is 0 Å². The standard InChI is InChI=1S/C29H48O8/c1-6-16-29(5,27(34)37-21-12-8-7-9-13-21)20(2)19-28(3,4)26(33)36-18-17-35-25(32)23-15-11-10-14-22(23)24(30)31/h20-23H,6-19H2,1-5H3,(H,30,31). The SMILES string of the molecule is CCCC(C)(C(=O)OC1CCCCC1)C(C)CC(C)(C)C(=O)OCCOC(=O)C1CCCCC1C(=O)O. The molecule has 8 heteroatoms. The number of hydrogen-bond acceptors (Lipinski definition) is 7. The quantitative estimate of drug-likeness (QED) is 0.185. The lowest BCUT2D eigenvalue weighted by molar-refractivity contribution is -0.170. The molecule has 2 aliphatic rings. The molecule has 4 atom stereocenters. The molecule has 0 bridgehead atoms. The molecule has 2 rings (SSSR count). The molecular formula is C29H48O8. The maximum atomic E-state index is 13.3. The van der Waals surface area contributed by atoms with E-state index in [0.717, 1.165) is 44.9 Å². The first-order valence-corrected chi connectivity index (χ1v) is 14.2. The van der Waals surface area contributed by atoms with Crippen LogP contribution in [0.4, 0.5) is 0 Å². The Balaban J connectivity index is 1.87. The highest BCUT2D eigenvalue weighted by Crippen LogP contribution is 2.42. The van der Waals surface area contributed by atoms with E-state index >= 15 is 0 Å². The van der Waals surface area contributed by atoms with Crippen LogP contribution in [0.25, 0.3) is 0 Å². The lowest BCUT2D eigenvalue weighted by Crippen LogP contribution is -2.41. The Morgan fingerprint density at radius 3 is 2.00 bits per heavy atom. The Morgan fingerprint density at radius 2 is 1.41 bits per heavy atom. The minimum Gasteiger partial charge on any atom is -0.481 e. The molecule has 0 aromatic carbocycles. The number of aliphatic carboxylic acids is 1. The number of carbonyl (C=O) groups excluding carboxylic acids is 3. The lowest BCUT2D eigenvalue weighted by atomic mass is 9.68. The van der Waals surface area contributed by atoms with Crippen molar-refractivity contribution in [2.45, 2.75) is 118 Å². The third-order valence-electron chi connectivity index (χ3n) is 8.47. The van der Waals surface area contributed by atoms with Gasteiger partial charge in [0.05, 0.1) is 22.7 Å². The summed E-state index contributed by atoms with van der Waals surface area (Å²) in [5.74, 6) is -3.58. The molecule has 1 N–H and O–H groups in total. The molecule has 2 aliphatic carbocycles. The van der Waals surface area contributed by atoms with E-state index in [9.17, 15) is 24.3 Å². The van der Waals surface area contributed by atoms with Crippen molar-refractivity contribution < 1.29 is 38.5 Å². The van der Waals surface area contributed by atoms with Gasteiger partial charge in [0.25, 0.3) is 0 Å². The summed E-state index contributed by atoms with van der Waals surface area (Å²) in [4.78, 5) is 50.0. The van der Waals surface area contributed by atoms with Gasteiger partial charge < -0.3 is 19.3 Å². The Labute approximate surface area is 222 Å². The monoisotopic (exact) mass is 524 g/mol. The molecule has 0 aromatic rings. The molecule has 212 valence electrons. The van der Waals surface area contributed by atoms with Gasteiger partial charge in [0.1, 0.15) is 19.3 Å². The van der Waals surface area contributed by atoms with Gasteiger partial charge in [0.15, 0.2) is 0 Å². The van der Waals surface area contributed by atoms with E-state index in [2.05, 4.69) is 0 Å². The van der Waals surface area contributed by atoms with Gasteiger partial charge in [-0.15, -0.1) is 0 Å². The molecule has 8 nitrogen and oxygen atoms in total. The summed E-state index contributed by atoms with van der Waals surface area (Å²) < 4.78 is 16.6. The van der Waals surface area contributed by atoms with Gasteiger partial charge in [-0.25, -0.2) is 0 Å². The Hall–Kier alpha value is -2.12. The maximum absolute atomic E-state index is 13.3. The molecular weight excluding hydrogens is 476 g/mol. The molecule has 0 amide bonds. The second-order valence-electron chi connectivity index (χ2n) is 12.0. The van der Waals surface area contributed by atoms with Crippen LogP contribution in [0.2, 0.25) is 0 Å². The Morgan fingerprint density at radius 1 is 0.838 bits per heavy atom. The van der Waals surface area contributed by atoms with Gasteiger partial charge in [0, 0.05) is 0 Å². The van der Waals surface area contributed by atoms with Crippen LogP contribution in [0, 0.1) is 28.6 Å². The molecule has 2 saturated carbocycles. The first-order valence-electron chi connectivity index (χ1n) is 14.2. The fourth-order valence-electron chi connectivity index (χ4n) is 5.90. The van der Waals surface area contributed by atoms with E-state index in [1.807, 2.05) is 20.8 Å². The van der Waals surface area contributed by atoms with Crippen molar-refractivity contribution in [1.82, 2.24) is 0 Å². The van der Waals surface area contributed by atoms with Crippen LogP contribution < -0.4 is 0 Å². The summed E-state index contributed by atoms with van der Waals surface area (Å²) in [6.07, 6.45) is 9.73. The molecule has 2 fully saturated rings. The second-order valence-corrected chi connectivity index (χ2v) is 12.0. The van der Waals surface area contributed by atoms with Gasteiger partial charge in [-0.3, -0.25) is 19.2 Å². The molecule has 0 radical (unpaired) electrons. The number of rotatable bonds is 13. The van der Waals surface area contributed by atoms with E-state index < -0.39 is 40.6 Å². The van der Waals surface area contributed by atoms with Crippen molar-refractivity contribution in [3.8, 4) is 0 Å². The van der Waals surface area contributed by atoms with Crippen LogP contribution in [0.15, 0.2) is 0 Å². The third kappa shape index (κ3) is 8.71. The first-order chi connectivity index (χ1) is 17.4. The van der Waals surface area contributed by atoms with E-state index in [4.69, 9.17) is 14.2 Å². The van der Waals surface area contributed by atoms with Crippen LogP contribution in [-0.2, 0) is 33.4 Å². The minimum atomic E-state index is -0.971. The molecule has 4 unspecified atom stereocenters. The summed E-state index contributed by atoms with van der Waals surface area (Å²) in [5, 5.41) is 9.36. The van der Waals surface area contributed by atoms with E-state index in [-0.39, 0.29) is 31.2 Å². The van der Waals surface area contributed by atoms with E-state index in [1.54, 1.807) is 13.8 Å². The molecule has 0 heterocycles. The van der Waals surface area contributed by atoms with Crippen molar-refractivity contribution in [3.63, 3.8) is 0 Å². The smallest absolute Gasteiger partial charge is 0.312 e. The van der Waals surface area contributed by atoms with Crippen LogP contribution in [0.5, 0.6) is 0 Å². The average Bonchev–Trinajstić information content (AvgIpc) is 2.86. The Kier molecular flexibility index (Phi) is 11.9. The van der Waals surface area contributed by atoms with Crippen molar-refractivity contribution >= 4 is 23.9 Å². The summed E-state index contributed by atoms with van der Waals surface area (Å²) in [7, 11) is 0. The van der Waals surface area contributed by atoms with Gasteiger partial charge in [-0.05, 0) is 78.1 Å². The van der Waals surface area contributed by atoms with Gasteiger partial charge in [0.2, 0.25) is 0 Å². The van der Waals surface area contributed by atoms with Gasteiger partial charge >= 0.3 is 23.9 Å². The fourth-order valence-corrected chi connectivity index (χ4v) is 5.90. The number of carboxylic acids is 1. The molecule has 0 spiro atoms. The molecule has 0 saturated heterocycles. The number of ether oxygens (including phenoxy) is 3. The lowest BCUT2D eigenvalue weighted by Gasteiger charge is -2.38. The van der Waals surface area contributed by atoms with Gasteiger partial charge in [-0.2, -0.15) is 0 Å². The average molecular weight is 525 g/mol. The van der Waals surface area contributed by atoms with Crippen molar-refractivity contribution in [2.75, 3.05) is 13.2 Å². The summed E-state index contributed by atoms with van der Waals surface area (Å²) in [6.45, 7) is 9.39. The highest BCUT2D eigenvalue weighted by molar-refractivity contribution is 5.81. The topological polar surface area (TPSA) is 116 Å². The van der Waals surface area contributed by atoms with Crippen LogP contribution in [0.1, 0.15) is 112 Å². The Bertz CT molecular complexity index is 785. The molecule has 37 heavy (non-hydrogen) atoms. The minimum absolute atomic E-state index is 0.00953. The zero-order valence-corrected chi connectivity index (χ0v) is 23.5. The van der Waals surface area contributed by atoms with Crippen molar-refractivity contribution in [2.24, 2.45) is 28.6 Å². The fraction of sp³-hybridized carbons (Fsp3) is 0.862. The van der Waals surface area contributed by atoms with E-state index in [1.165, 1.54) is 6.42 Å². The third-order valence-corrected chi connectivity index (χ3v) is 8.47. The number of esters is 3. The molecule has 0 aliphatic heterocycles. The normalized spacial score (nSPS) is 23.4. The highest BCUT2D eigenvalue weighted by Gasteiger charge is 2.44. The van der Waals surface area contributed by atoms with E-state index in [0.29, 0.717) is 25.7 Å². The second kappa shape index (κ2) is 14.1. The van der Waals surface area contributed by atoms with Gasteiger partial charge in [-0.1, -0.05) is 39.5 Å². The largest absolute Gasteiger partial charge is 0.481 e. The highest BCUT2D eigenvalue weighted by atomic mass is 16.6. The predicted octanol–water partition coefficient (Wildman–Crippen LogP) is 5.70. The molecule has 0 aromatic heterocycles. The zero-order chi connectivity index (χ0) is 27.6. The number of hydrogen-bond donors (Lipinski definition) is 1. The van der Waals surface area contributed by atoms with Crippen molar-refractivity contribution in [3.05, 3.63) is 0 Å². The van der Waals surface area contributed by atoms with Crippen LogP contribution in [0.3, 0.4) is 0 Å². The zero-order valence-electron chi connectivity index (χ0n) is 23.5. The number of carboxylic acid groups (broad SMARTS) is 1. The summed E-state index contributed by atoms with van der Waals surface area (Å²) >= 11 is 0. The van der Waals surface area contributed by atoms with Crippen LogP contribution in [-0.4, -0.2) is 48.3 Å². The number of carbonyl (C=O) groups is 4. The summed E-state index contributed by atoms with van der Waals surface area (Å²) in [5.41, 5.74) is -1.54. The maximum Gasteiger partial charge on any atom is 0.312 e.